The largest absolute Gasteiger partial charge is 0.481 e. The first-order valence-electron chi connectivity index (χ1n) is 6.47. The number of carboxylic acids is 1. The van der Waals surface area contributed by atoms with Crippen LogP contribution in [0.25, 0.3) is 0 Å². The Labute approximate surface area is 117 Å². The van der Waals surface area contributed by atoms with Crippen LogP contribution in [0, 0.1) is 23.0 Å². The van der Waals surface area contributed by atoms with Gasteiger partial charge in [0.05, 0.1) is 4.92 Å². The summed E-state index contributed by atoms with van der Waals surface area (Å²) in [6.45, 7) is 4.42. The van der Waals surface area contributed by atoms with Gasteiger partial charge in [-0.2, -0.15) is 0 Å². The number of anilines is 1. The summed E-state index contributed by atoms with van der Waals surface area (Å²) in [5, 5.41) is 22.3. The number of pyridine rings is 1. The normalized spacial score (nSPS) is 11.9. The molecule has 0 aliphatic carbocycles. The zero-order valence-electron chi connectivity index (χ0n) is 11.6. The average Bonchev–Trinajstić information content (AvgIpc) is 2.38. The highest BCUT2D eigenvalue weighted by atomic mass is 16.6. The topological polar surface area (TPSA) is 105 Å². The first kappa shape index (κ1) is 15.9. The molecule has 0 aliphatic rings. The van der Waals surface area contributed by atoms with Crippen molar-refractivity contribution in [3.8, 4) is 0 Å². The number of carbonyl (C=O) groups is 1. The summed E-state index contributed by atoms with van der Waals surface area (Å²) in [7, 11) is 0. The predicted molar refractivity (Wildman–Crippen MR) is 74.8 cm³/mol. The minimum Gasteiger partial charge on any atom is -0.481 e. The molecule has 0 fully saturated rings. The Morgan fingerprint density at radius 2 is 2.25 bits per heavy atom. The van der Waals surface area contributed by atoms with E-state index in [0.717, 1.165) is 12.0 Å². The van der Waals surface area contributed by atoms with Crippen LogP contribution in [-0.4, -0.2) is 27.5 Å². The molecule has 0 spiro atoms. The van der Waals surface area contributed by atoms with E-state index >= 15 is 0 Å². The number of aromatic nitrogens is 1. The van der Waals surface area contributed by atoms with Gasteiger partial charge in [0.1, 0.15) is 12.0 Å². The molecule has 110 valence electrons. The highest BCUT2D eigenvalue weighted by Crippen LogP contribution is 2.18. The van der Waals surface area contributed by atoms with Crippen molar-refractivity contribution >= 4 is 17.5 Å². The maximum Gasteiger partial charge on any atom is 0.303 e. The summed E-state index contributed by atoms with van der Waals surface area (Å²) in [4.78, 5) is 24.6. The fraction of sp³-hybridized carbons (Fsp3) is 0.538. The lowest BCUT2D eigenvalue weighted by Crippen LogP contribution is -2.10. The summed E-state index contributed by atoms with van der Waals surface area (Å²) >= 11 is 0. The number of hydrogen-bond donors (Lipinski definition) is 2. The van der Waals surface area contributed by atoms with E-state index in [1.165, 1.54) is 12.3 Å². The van der Waals surface area contributed by atoms with Gasteiger partial charge >= 0.3 is 5.97 Å². The molecule has 0 aliphatic heterocycles. The van der Waals surface area contributed by atoms with Crippen molar-refractivity contribution in [1.82, 2.24) is 4.98 Å². The zero-order chi connectivity index (χ0) is 15.1. The fourth-order valence-corrected chi connectivity index (χ4v) is 1.80. The predicted octanol–water partition coefficient (Wildman–Crippen LogP) is 2.60. The summed E-state index contributed by atoms with van der Waals surface area (Å²) < 4.78 is 0. The number of aryl methyl sites for hydroxylation is 1. The van der Waals surface area contributed by atoms with Crippen LogP contribution in [0.15, 0.2) is 12.3 Å². The molecular weight excluding hydrogens is 262 g/mol. The smallest absolute Gasteiger partial charge is 0.303 e. The number of hydrogen-bond acceptors (Lipinski definition) is 5. The molecule has 0 radical (unpaired) electrons. The molecule has 1 atom stereocenters. The van der Waals surface area contributed by atoms with Crippen molar-refractivity contribution in [2.45, 2.75) is 33.1 Å². The molecule has 7 heteroatoms. The summed E-state index contributed by atoms with van der Waals surface area (Å²) in [6, 6.07) is 1.48. The van der Waals surface area contributed by atoms with E-state index in [1.54, 1.807) is 6.92 Å². The van der Waals surface area contributed by atoms with E-state index in [0.29, 0.717) is 24.7 Å². The molecule has 1 heterocycles. The fourth-order valence-electron chi connectivity index (χ4n) is 1.80. The Balaban J connectivity index is 2.42. The lowest BCUT2D eigenvalue weighted by molar-refractivity contribution is -0.385. The highest BCUT2D eigenvalue weighted by Gasteiger charge is 2.10. The van der Waals surface area contributed by atoms with Crippen LogP contribution in [0.4, 0.5) is 11.5 Å². The summed E-state index contributed by atoms with van der Waals surface area (Å²) in [5.74, 6) is 0.149. The number of carboxylic acid groups (broad SMARTS) is 1. The van der Waals surface area contributed by atoms with Crippen LogP contribution in [0.1, 0.15) is 31.7 Å². The van der Waals surface area contributed by atoms with Crippen LogP contribution in [-0.2, 0) is 4.79 Å². The van der Waals surface area contributed by atoms with Crippen LogP contribution >= 0.6 is 0 Å². The lowest BCUT2D eigenvalue weighted by atomic mass is 10.0. The van der Waals surface area contributed by atoms with Gasteiger partial charge in [-0.05, 0) is 31.2 Å². The van der Waals surface area contributed by atoms with Crippen molar-refractivity contribution in [2.24, 2.45) is 5.92 Å². The first-order valence-corrected chi connectivity index (χ1v) is 6.47. The van der Waals surface area contributed by atoms with Crippen molar-refractivity contribution in [1.29, 1.82) is 0 Å². The Morgan fingerprint density at radius 3 is 2.80 bits per heavy atom. The van der Waals surface area contributed by atoms with Crippen LogP contribution in [0.2, 0.25) is 0 Å². The molecule has 7 nitrogen and oxygen atoms in total. The van der Waals surface area contributed by atoms with Crippen LogP contribution < -0.4 is 5.32 Å². The monoisotopic (exact) mass is 281 g/mol. The Kier molecular flexibility index (Phi) is 5.89. The van der Waals surface area contributed by atoms with Crippen molar-refractivity contribution in [3.05, 3.63) is 27.9 Å². The molecule has 1 rings (SSSR count). The third kappa shape index (κ3) is 5.21. The minimum absolute atomic E-state index is 0.0251. The molecule has 0 aromatic carbocycles. The van der Waals surface area contributed by atoms with Gasteiger partial charge in [0, 0.05) is 19.0 Å². The Hall–Kier alpha value is -2.18. The molecule has 20 heavy (non-hydrogen) atoms. The van der Waals surface area contributed by atoms with Crippen molar-refractivity contribution in [3.63, 3.8) is 0 Å². The second kappa shape index (κ2) is 7.42. The third-order valence-corrected chi connectivity index (χ3v) is 3.06. The molecule has 0 amide bonds. The quantitative estimate of drug-likeness (QED) is 0.560. The summed E-state index contributed by atoms with van der Waals surface area (Å²) in [6.07, 6.45) is 2.87. The lowest BCUT2D eigenvalue weighted by Gasteiger charge is -2.12. The molecule has 0 bridgehead atoms. The zero-order valence-corrected chi connectivity index (χ0v) is 11.6. The molecule has 1 unspecified atom stereocenters. The molecule has 1 aromatic rings. The number of aliphatic carboxylic acids is 1. The number of nitro groups is 1. The Morgan fingerprint density at radius 1 is 1.55 bits per heavy atom. The van der Waals surface area contributed by atoms with E-state index in [9.17, 15) is 14.9 Å². The number of nitrogens with one attached hydrogen (secondary N) is 1. The van der Waals surface area contributed by atoms with E-state index < -0.39 is 10.9 Å². The maximum absolute atomic E-state index is 10.6. The molecule has 1 aromatic heterocycles. The average molecular weight is 281 g/mol. The van der Waals surface area contributed by atoms with E-state index in [1.807, 2.05) is 6.92 Å². The van der Waals surface area contributed by atoms with Gasteiger partial charge in [-0.15, -0.1) is 0 Å². The van der Waals surface area contributed by atoms with Crippen LogP contribution in [0.5, 0.6) is 0 Å². The van der Waals surface area contributed by atoms with Gasteiger partial charge in [0.25, 0.3) is 5.69 Å². The number of nitrogens with zero attached hydrogens (tertiary/aromatic N) is 2. The SMILES string of the molecule is Cc1cc([N+](=O)[O-])cnc1NCCC(C)CCC(=O)O. The standard InChI is InChI=1S/C13H19N3O4/c1-9(3-4-12(17)18)5-6-14-13-10(2)7-11(8-15-13)16(19)20/h7-9H,3-6H2,1-2H3,(H,14,15)(H,17,18). The van der Waals surface area contributed by atoms with Gasteiger partial charge in [0.2, 0.25) is 0 Å². The number of rotatable bonds is 8. The van der Waals surface area contributed by atoms with E-state index in [4.69, 9.17) is 5.11 Å². The van der Waals surface area contributed by atoms with E-state index in [2.05, 4.69) is 10.3 Å². The third-order valence-electron chi connectivity index (χ3n) is 3.06. The molecule has 0 saturated heterocycles. The van der Waals surface area contributed by atoms with Gasteiger partial charge in [0.15, 0.2) is 0 Å². The van der Waals surface area contributed by atoms with Crippen molar-refractivity contribution in [2.75, 3.05) is 11.9 Å². The second-order valence-corrected chi connectivity index (χ2v) is 4.87. The van der Waals surface area contributed by atoms with Crippen molar-refractivity contribution < 1.29 is 14.8 Å². The Bertz CT molecular complexity index is 491. The first-order chi connectivity index (χ1) is 9.40. The van der Waals surface area contributed by atoms with E-state index in [-0.39, 0.29) is 12.1 Å². The van der Waals surface area contributed by atoms with Gasteiger partial charge in [-0.25, -0.2) is 4.98 Å². The van der Waals surface area contributed by atoms with Gasteiger partial charge in [-0.1, -0.05) is 6.92 Å². The summed E-state index contributed by atoms with van der Waals surface area (Å²) in [5.41, 5.74) is 0.695. The minimum atomic E-state index is -0.780. The molecule has 0 saturated carbocycles. The van der Waals surface area contributed by atoms with Gasteiger partial charge < -0.3 is 10.4 Å². The molecule has 2 N–H and O–H groups in total. The molecular formula is C13H19N3O4. The van der Waals surface area contributed by atoms with Crippen LogP contribution in [0.3, 0.4) is 0 Å². The van der Waals surface area contributed by atoms with Gasteiger partial charge in [-0.3, -0.25) is 14.9 Å². The maximum atomic E-state index is 10.6. The second-order valence-electron chi connectivity index (χ2n) is 4.87. The highest BCUT2D eigenvalue weighted by molar-refractivity contribution is 5.66.